The lowest BCUT2D eigenvalue weighted by atomic mass is 10.0. The number of hydrogen-bond acceptors (Lipinski definition) is 6. The average Bonchev–Trinajstić information content (AvgIpc) is 3.38. The Balaban J connectivity index is 1.56. The number of hydrazine groups is 2. The standard InChI is InChI=1S/C20H22ClF3N6O2/c1-12-18-15(30(27-25-18)16-7-8-28(26-16)10-11-32-2)6-9-29(12)19(31)13-4-3-5-14(17(13)21)20(22,23)24/h3-5,7-8,12,25,27H,6,9-11H2,1-2H3/t12-/m0/s1. The normalized spacial score (nSPS) is 18.8. The molecule has 2 aliphatic rings. The number of nitrogens with one attached hydrogen (secondary N) is 2. The minimum atomic E-state index is -4.64. The number of hydrogen-bond donors (Lipinski definition) is 2. The molecule has 0 fully saturated rings. The molecule has 2 aliphatic heterocycles. The van der Waals surface area contributed by atoms with Crippen LogP contribution in [0.3, 0.4) is 0 Å². The predicted molar refractivity (Wildman–Crippen MR) is 111 cm³/mol. The maximum Gasteiger partial charge on any atom is 0.417 e. The summed E-state index contributed by atoms with van der Waals surface area (Å²) in [5.41, 5.74) is 6.58. The van der Waals surface area contributed by atoms with Crippen LogP contribution in [-0.4, -0.2) is 46.9 Å². The van der Waals surface area contributed by atoms with Gasteiger partial charge in [0.05, 0.1) is 46.7 Å². The number of rotatable bonds is 5. The van der Waals surface area contributed by atoms with Crippen LogP contribution in [0.2, 0.25) is 5.02 Å². The third-order valence-corrected chi connectivity index (χ3v) is 5.94. The summed E-state index contributed by atoms with van der Waals surface area (Å²) >= 11 is 5.97. The van der Waals surface area contributed by atoms with Crippen LogP contribution in [0.25, 0.3) is 0 Å². The number of anilines is 1. The van der Waals surface area contributed by atoms with Gasteiger partial charge in [-0.05, 0) is 19.1 Å². The van der Waals surface area contributed by atoms with E-state index in [1.165, 1.54) is 17.0 Å². The molecular weight excluding hydrogens is 449 g/mol. The van der Waals surface area contributed by atoms with Crippen molar-refractivity contribution in [2.24, 2.45) is 0 Å². The van der Waals surface area contributed by atoms with Crippen LogP contribution in [0.4, 0.5) is 19.0 Å². The zero-order valence-electron chi connectivity index (χ0n) is 17.4. The minimum Gasteiger partial charge on any atom is -0.383 e. The first-order valence-corrected chi connectivity index (χ1v) is 10.3. The van der Waals surface area contributed by atoms with Gasteiger partial charge < -0.3 is 15.1 Å². The summed E-state index contributed by atoms with van der Waals surface area (Å²) in [5, 5.41) is 5.73. The Morgan fingerprint density at radius 2 is 2.12 bits per heavy atom. The molecule has 2 N–H and O–H groups in total. The van der Waals surface area contributed by atoms with Crippen LogP contribution in [0.1, 0.15) is 29.3 Å². The van der Waals surface area contributed by atoms with Crippen molar-refractivity contribution in [2.75, 3.05) is 25.3 Å². The molecule has 0 saturated heterocycles. The highest BCUT2D eigenvalue weighted by Gasteiger charge is 2.39. The van der Waals surface area contributed by atoms with E-state index < -0.39 is 28.7 Å². The molecule has 0 spiro atoms. The molecule has 172 valence electrons. The average molecular weight is 471 g/mol. The van der Waals surface area contributed by atoms with Crippen molar-refractivity contribution in [3.05, 3.63) is 58.0 Å². The molecule has 0 aliphatic carbocycles. The Hall–Kier alpha value is -2.76. The van der Waals surface area contributed by atoms with E-state index in [2.05, 4.69) is 16.1 Å². The molecule has 0 saturated carbocycles. The Bertz CT molecular complexity index is 1050. The van der Waals surface area contributed by atoms with Gasteiger partial charge in [-0.15, -0.1) is 5.53 Å². The summed E-state index contributed by atoms with van der Waals surface area (Å²) in [7, 11) is 1.62. The summed E-state index contributed by atoms with van der Waals surface area (Å²) in [6.45, 7) is 3.27. The lowest BCUT2D eigenvalue weighted by molar-refractivity contribution is -0.137. The predicted octanol–water partition coefficient (Wildman–Crippen LogP) is 3.18. The van der Waals surface area contributed by atoms with E-state index in [1.54, 1.807) is 16.8 Å². The number of alkyl halides is 3. The highest BCUT2D eigenvalue weighted by Crippen LogP contribution is 2.37. The molecule has 1 aromatic heterocycles. The fourth-order valence-corrected chi connectivity index (χ4v) is 4.18. The SMILES string of the molecule is COCCn1ccc(N2NNC3=C2CCN(C(=O)c2cccc(C(F)(F)F)c2Cl)[C@H]3C)n1. The molecule has 0 bridgehead atoms. The first-order valence-electron chi connectivity index (χ1n) is 9.96. The van der Waals surface area contributed by atoms with Gasteiger partial charge in [0.25, 0.3) is 5.91 Å². The van der Waals surface area contributed by atoms with Crippen molar-refractivity contribution in [3.63, 3.8) is 0 Å². The first-order chi connectivity index (χ1) is 15.2. The second kappa shape index (κ2) is 8.64. The fraction of sp³-hybridized carbons (Fsp3) is 0.400. The van der Waals surface area contributed by atoms with Crippen LogP contribution >= 0.6 is 11.6 Å². The molecule has 3 heterocycles. The Morgan fingerprint density at radius 3 is 2.84 bits per heavy atom. The molecule has 32 heavy (non-hydrogen) atoms. The molecule has 1 atom stereocenters. The topological polar surface area (TPSA) is 74.7 Å². The third-order valence-electron chi connectivity index (χ3n) is 5.53. The van der Waals surface area contributed by atoms with Crippen LogP contribution in [0, 0.1) is 0 Å². The first kappa shape index (κ1) is 22.4. The molecule has 8 nitrogen and oxygen atoms in total. The summed E-state index contributed by atoms with van der Waals surface area (Å²) in [6.07, 6.45) is -2.32. The van der Waals surface area contributed by atoms with E-state index in [1.807, 2.05) is 19.2 Å². The maximum atomic E-state index is 13.2. The molecule has 2 aromatic rings. The number of halogens is 4. The van der Waals surface area contributed by atoms with Crippen molar-refractivity contribution in [1.82, 2.24) is 25.6 Å². The number of benzene rings is 1. The summed E-state index contributed by atoms with van der Waals surface area (Å²) < 4.78 is 46.4. The smallest absolute Gasteiger partial charge is 0.383 e. The quantitative estimate of drug-likeness (QED) is 0.699. The van der Waals surface area contributed by atoms with Crippen molar-refractivity contribution in [3.8, 4) is 0 Å². The molecular formula is C20H22ClF3N6O2. The lowest BCUT2D eigenvalue weighted by Gasteiger charge is -2.35. The number of amides is 1. The molecule has 1 amide bonds. The van der Waals surface area contributed by atoms with Gasteiger partial charge in [0.15, 0.2) is 5.82 Å². The van der Waals surface area contributed by atoms with Crippen LogP contribution < -0.4 is 16.0 Å². The van der Waals surface area contributed by atoms with Gasteiger partial charge in [-0.25, -0.2) is 5.01 Å². The minimum absolute atomic E-state index is 0.169. The van der Waals surface area contributed by atoms with E-state index in [4.69, 9.17) is 16.3 Å². The van der Waals surface area contributed by atoms with Gasteiger partial charge >= 0.3 is 6.18 Å². The van der Waals surface area contributed by atoms with Gasteiger partial charge in [-0.2, -0.15) is 18.3 Å². The van der Waals surface area contributed by atoms with Gasteiger partial charge in [0.2, 0.25) is 0 Å². The second-order valence-corrected chi connectivity index (χ2v) is 7.83. The summed E-state index contributed by atoms with van der Waals surface area (Å²) in [5.74, 6) is 0.121. The van der Waals surface area contributed by atoms with Crippen molar-refractivity contribution in [1.29, 1.82) is 0 Å². The second-order valence-electron chi connectivity index (χ2n) is 7.45. The number of carbonyl (C=O) groups excluding carboxylic acids is 1. The lowest BCUT2D eigenvalue weighted by Crippen LogP contribution is -2.46. The summed E-state index contributed by atoms with van der Waals surface area (Å²) in [4.78, 5) is 14.6. The highest BCUT2D eigenvalue weighted by atomic mass is 35.5. The molecule has 1 aromatic carbocycles. The zero-order chi connectivity index (χ0) is 23.0. The van der Waals surface area contributed by atoms with E-state index in [0.717, 1.165) is 17.5 Å². The largest absolute Gasteiger partial charge is 0.417 e. The molecule has 4 rings (SSSR count). The molecule has 0 unspecified atom stereocenters. The van der Waals surface area contributed by atoms with E-state index in [9.17, 15) is 18.0 Å². The maximum absolute atomic E-state index is 13.2. The fourth-order valence-electron chi connectivity index (χ4n) is 3.87. The third kappa shape index (κ3) is 4.03. The van der Waals surface area contributed by atoms with Crippen LogP contribution in [0.15, 0.2) is 41.9 Å². The van der Waals surface area contributed by atoms with E-state index >= 15 is 0 Å². The number of aromatic nitrogens is 2. The van der Waals surface area contributed by atoms with Crippen LogP contribution in [0.5, 0.6) is 0 Å². The van der Waals surface area contributed by atoms with Crippen molar-refractivity contribution < 1.29 is 22.7 Å². The van der Waals surface area contributed by atoms with Crippen molar-refractivity contribution in [2.45, 2.75) is 32.1 Å². The van der Waals surface area contributed by atoms with Gasteiger partial charge in [-0.3, -0.25) is 9.48 Å². The summed E-state index contributed by atoms with van der Waals surface area (Å²) in [6, 6.07) is 4.81. The monoisotopic (exact) mass is 470 g/mol. The van der Waals surface area contributed by atoms with Crippen molar-refractivity contribution >= 4 is 23.3 Å². The Morgan fingerprint density at radius 1 is 1.34 bits per heavy atom. The van der Waals surface area contributed by atoms with Gasteiger partial charge in [0, 0.05) is 32.3 Å². The highest BCUT2D eigenvalue weighted by molar-refractivity contribution is 6.34. The number of carbonyl (C=O) groups is 1. The van der Waals surface area contributed by atoms with E-state index in [-0.39, 0.29) is 5.56 Å². The number of methoxy groups -OCH3 is 1. The van der Waals surface area contributed by atoms with Crippen LogP contribution in [-0.2, 0) is 17.5 Å². The van der Waals surface area contributed by atoms with Gasteiger partial charge in [0.1, 0.15) is 0 Å². The zero-order valence-corrected chi connectivity index (χ0v) is 18.2. The number of ether oxygens (including phenoxy) is 1. The Labute approximate surface area is 187 Å². The Kier molecular flexibility index (Phi) is 6.06. The number of nitrogens with zero attached hydrogens (tertiary/aromatic N) is 4. The molecule has 12 heteroatoms. The van der Waals surface area contributed by atoms with Gasteiger partial charge in [-0.1, -0.05) is 17.7 Å². The molecule has 0 radical (unpaired) electrons. The van der Waals surface area contributed by atoms with E-state index in [0.29, 0.717) is 31.9 Å².